The minimum absolute atomic E-state index is 0.804. The first kappa shape index (κ1) is 10.0. The molecule has 0 aliphatic heterocycles. The van der Waals surface area contributed by atoms with Crippen molar-refractivity contribution in [1.82, 2.24) is 0 Å². The highest BCUT2D eigenvalue weighted by atomic mass is 14.3. The van der Waals surface area contributed by atoms with Crippen molar-refractivity contribution in [2.24, 2.45) is 11.8 Å². The lowest BCUT2D eigenvalue weighted by Gasteiger charge is -2.19. The largest absolute Gasteiger partial charge is 0.0773 e. The van der Waals surface area contributed by atoms with Crippen LogP contribution in [0.2, 0.25) is 0 Å². The fourth-order valence-electron chi connectivity index (χ4n) is 2.92. The molecule has 0 aromatic carbocycles. The molecule has 0 nitrogen and oxygen atoms in total. The number of hydrogen-bond acceptors (Lipinski definition) is 0. The quantitative estimate of drug-likeness (QED) is 0.613. The van der Waals surface area contributed by atoms with Crippen molar-refractivity contribution < 1.29 is 0 Å². The van der Waals surface area contributed by atoms with E-state index in [4.69, 9.17) is 0 Å². The van der Waals surface area contributed by atoms with E-state index in [2.05, 4.69) is 25.2 Å². The highest BCUT2D eigenvalue weighted by Crippen LogP contribution is 2.39. The van der Waals surface area contributed by atoms with Crippen LogP contribution < -0.4 is 0 Å². The Morgan fingerprint density at radius 3 is 2.79 bits per heavy atom. The van der Waals surface area contributed by atoms with Gasteiger partial charge in [-0.2, -0.15) is 0 Å². The van der Waals surface area contributed by atoms with Gasteiger partial charge in [-0.25, -0.2) is 0 Å². The van der Waals surface area contributed by atoms with Crippen molar-refractivity contribution in [1.29, 1.82) is 0 Å². The first-order chi connectivity index (χ1) is 6.92. The Labute approximate surface area is 88.1 Å². The second-order valence-electron chi connectivity index (χ2n) is 4.78. The summed E-state index contributed by atoms with van der Waals surface area (Å²) in [5, 5.41) is 0. The molecular weight excluding hydrogens is 168 g/mol. The van der Waals surface area contributed by atoms with E-state index in [9.17, 15) is 0 Å². The third kappa shape index (κ3) is 2.10. The van der Waals surface area contributed by atoms with E-state index in [1.54, 1.807) is 5.57 Å². The van der Waals surface area contributed by atoms with Crippen LogP contribution in [0.4, 0.5) is 0 Å². The molecule has 1 unspecified atom stereocenters. The van der Waals surface area contributed by atoms with E-state index in [-0.39, 0.29) is 0 Å². The average molecular weight is 190 g/mol. The minimum Gasteiger partial charge on any atom is -0.0773 e. The molecule has 78 valence electrons. The Morgan fingerprint density at radius 2 is 2.07 bits per heavy atom. The monoisotopic (exact) mass is 190 g/mol. The molecule has 1 saturated carbocycles. The van der Waals surface area contributed by atoms with E-state index >= 15 is 0 Å². The molecule has 2 aliphatic rings. The van der Waals surface area contributed by atoms with Gasteiger partial charge in [0, 0.05) is 0 Å². The molecule has 0 aromatic rings. The Kier molecular flexibility index (Phi) is 3.44. The maximum atomic E-state index is 2.42. The van der Waals surface area contributed by atoms with Crippen LogP contribution >= 0.6 is 0 Å². The Bertz CT molecular complexity index is 228. The zero-order valence-corrected chi connectivity index (χ0v) is 9.34. The maximum Gasteiger partial charge on any atom is -0.00143 e. The number of allylic oxidation sites excluding steroid dienone is 4. The van der Waals surface area contributed by atoms with Crippen molar-refractivity contribution in [3.63, 3.8) is 0 Å². The molecule has 0 amide bonds. The van der Waals surface area contributed by atoms with Crippen molar-refractivity contribution in [2.75, 3.05) is 0 Å². The predicted molar refractivity (Wildman–Crippen MR) is 62.2 cm³/mol. The van der Waals surface area contributed by atoms with Crippen molar-refractivity contribution >= 4 is 0 Å². The first-order valence-corrected chi connectivity index (χ1v) is 6.30. The van der Waals surface area contributed by atoms with Crippen LogP contribution in [-0.2, 0) is 0 Å². The smallest absolute Gasteiger partial charge is 0.00143 e. The number of unbranched alkanes of at least 4 members (excludes halogenated alkanes) is 1. The first-order valence-electron chi connectivity index (χ1n) is 6.30. The van der Waals surface area contributed by atoms with Gasteiger partial charge >= 0.3 is 0 Å². The predicted octanol–water partition coefficient (Wildman–Crippen LogP) is 4.48. The topological polar surface area (TPSA) is 0 Å². The third-order valence-corrected chi connectivity index (χ3v) is 3.76. The van der Waals surface area contributed by atoms with Crippen molar-refractivity contribution in [3.8, 4) is 0 Å². The SMILES string of the molecule is CCCCC1C=CC=C1C1CCCC1. The van der Waals surface area contributed by atoms with E-state index in [1.807, 2.05) is 0 Å². The second kappa shape index (κ2) is 4.82. The number of rotatable bonds is 4. The molecule has 0 spiro atoms. The highest BCUT2D eigenvalue weighted by molar-refractivity contribution is 5.29. The standard InChI is InChI=1S/C14H22/c1-2-3-7-12-10-6-11-14(12)13-8-4-5-9-13/h6,10-13H,2-5,7-9H2,1H3. The van der Waals surface area contributed by atoms with Gasteiger partial charge in [-0.15, -0.1) is 0 Å². The molecule has 1 fully saturated rings. The van der Waals surface area contributed by atoms with E-state index < -0.39 is 0 Å². The molecule has 0 bridgehead atoms. The van der Waals surface area contributed by atoms with Crippen LogP contribution in [0.25, 0.3) is 0 Å². The van der Waals surface area contributed by atoms with Gasteiger partial charge in [0.15, 0.2) is 0 Å². The molecule has 2 rings (SSSR count). The molecule has 1 atom stereocenters. The van der Waals surface area contributed by atoms with Gasteiger partial charge < -0.3 is 0 Å². The summed E-state index contributed by atoms with van der Waals surface area (Å²) < 4.78 is 0. The van der Waals surface area contributed by atoms with Gasteiger partial charge in [-0.1, -0.05) is 56.4 Å². The average Bonchev–Trinajstić information content (AvgIpc) is 2.84. The van der Waals surface area contributed by atoms with Crippen LogP contribution in [0.15, 0.2) is 23.8 Å². The van der Waals surface area contributed by atoms with Gasteiger partial charge in [-0.3, -0.25) is 0 Å². The third-order valence-electron chi connectivity index (χ3n) is 3.76. The molecule has 0 radical (unpaired) electrons. The molecule has 2 aliphatic carbocycles. The lowest BCUT2D eigenvalue weighted by Crippen LogP contribution is -2.06. The Hall–Kier alpha value is -0.520. The summed E-state index contributed by atoms with van der Waals surface area (Å²) in [5.74, 6) is 1.74. The van der Waals surface area contributed by atoms with Crippen LogP contribution in [0.5, 0.6) is 0 Å². The molecule has 0 saturated heterocycles. The van der Waals surface area contributed by atoms with Crippen molar-refractivity contribution in [3.05, 3.63) is 23.8 Å². The van der Waals surface area contributed by atoms with Gasteiger partial charge in [0.1, 0.15) is 0 Å². The van der Waals surface area contributed by atoms with Gasteiger partial charge in [0.25, 0.3) is 0 Å². The van der Waals surface area contributed by atoms with Gasteiger partial charge in [0.05, 0.1) is 0 Å². The summed E-state index contributed by atoms with van der Waals surface area (Å²) in [6.45, 7) is 2.29. The summed E-state index contributed by atoms with van der Waals surface area (Å²) in [6.07, 6.45) is 17.0. The molecule has 0 N–H and O–H groups in total. The molecular formula is C14H22. The summed E-state index contributed by atoms with van der Waals surface area (Å²) in [7, 11) is 0. The van der Waals surface area contributed by atoms with Gasteiger partial charge in [0.2, 0.25) is 0 Å². The summed E-state index contributed by atoms with van der Waals surface area (Å²) >= 11 is 0. The summed E-state index contributed by atoms with van der Waals surface area (Å²) in [4.78, 5) is 0. The molecule has 0 aromatic heterocycles. The minimum atomic E-state index is 0.804. The summed E-state index contributed by atoms with van der Waals surface area (Å²) in [5.41, 5.74) is 1.76. The van der Waals surface area contributed by atoms with E-state index in [1.165, 1.54) is 44.9 Å². The Morgan fingerprint density at radius 1 is 1.29 bits per heavy atom. The summed E-state index contributed by atoms with van der Waals surface area (Å²) in [6, 6.07) is 0. The highest BCUT2D eigenvalue weighted by Gasteiger charge is 2.25. The molecule has 0 heteroatoms. The lowest BCUT2D eigenvalue weighted by molar-refractivity contribution is 0.529. The van der Waals surface area contributed by atoms with Crippen LogP contribution in [0, 0.1) is 11.8 Å². The van der Waals surface area contributed by atoms with Crippen LogP contribution in [0.1, 0.15) is 51.9 Å². The van der Waals surface area contributed by atoms with Crippen LogP contribution in [0.3, 0.4) is 0 Å². The molecule has 0 heterocycles. The molecule has 14 heavy (non-hydrogen) atoms. The van der Waals surface area contributed by atoms with E-state index in [0.717, 1.165) is 11.8 Å². The number of hydrogen-bond donors (Lipinski definition) is 0. The zero-order chi connectivity index (χ0) is 9.80. The fraction of sp³-hybridized carbons (Fsp3) is 0.714. The Balaban J connectivity index is 1.91. The van der Waals surface area contributed by atoms with Crippen molar-refractivity contribution in [2.45, 2.75) is 51.9 Å². The van der Waals surface area contributed by atoms with E-state index in [0.29, 0.717) is 0 Å². The van der Waals surface area contributed by atoms with Gasteiger partial charge in [-0.05, 0) is 31.1 Å². The maximum absolute atomic E-state index is 2.42. The van der Waals surface area contributed by atoms with Crippen LogP contribution in [-0.4, -0.2) is 0 Å². The second-order valence-corrected chi connectivity index (χ2v) is 4.78. The fourth-order valence-corrected chi connectivity index (χ4v) is 2.92. The lowest BCUT2D eigenvalue weighted by atomic mass is 9.86. The zero-order valence-electron chi connectivity index (χ0n) is 9.34. The normalized spacial score (nSPS) is 27.2.